The average Bonchev–Trinajstić information content (AvgIpc) is 2.15. The molecule has 16 heavy (non-hydrogen) atoms. The molecule has 0 aliphatic carbocycles. The largest absolute Gasteiger partial charge is 0.368 e. The smallest absolute Gasteiger partial charge is 0.124 e. The van der Waals surface area contributed by atoms with Crippen LogP contribution >= 0.6 is 22.6 Å². The molecule has 4 heteroatoms. The van der Waals surface area contributed by atoms with Gasteiger partial charge in [-0.2, -0.15) is 0 Å². The van der Waals surface area contributed by atoms with E-state index in [2.05, 4.69) is 46.7 Å². The van der Waals surface area contributed by atoms with Crippen LogP contribution in [0.2, 0.25) is 0 Å². The molecule has 1 N–H and O–H groups in total. The molecule has 0 amide bonds. The molecule has 1 aromatic carbocycles. The van der Waals surface area contributed by atoms with E-state index in [0.717, 1.165) is 28.9 Å². The van der Waals surface area contributed by atoms with Gasteiger partial charge >= 0.3 is 0 Å². The quantitative estimate of drug-likeness (QED) is 0.795. The zero-order valence-corrected chi connectivity index (χ0v) is 11.7. The molecule has 1 aromatic rings. The summed E-state index contributed by atoms with van der Waals surface area (Å²) in [5, 5.41) is 3.47. The molecule has 0 radical (unpaired) electrons. The molecule has 0 bridgehead atoms. The fourth-order valence-corrected chi connectivity index (χ4v) is 2.90. The van der Waals surface area contributed by atoms with Gasteiger partial charge in [0.05, 0.1) is 5.69 Å². The predicted molar refractivity (Wildman–Crippen MR) is 73.4 cm³/mol. The first-order valence-electron chi connectivity index (χ1n) is 5.43. The average molecular weight is 334 g/mol. The van der Waals surface area contributed by atoms with Gasteiger partial charge in [0.25, 0.3) is 0 Å². The normalized spacial score (nSPS) is 19.9. The zero-order chi connectivity index (χ0) is 11.8. The molecule has 1 aliphatic rings. The molecule has 1 fully saturated rings. The molecular weight excluding hydrogens is 318 g/mol. The number of hydrogen-bond acceptors (Lipinski definition) is 2. The SMILES string of the molecule is CC1(C)CN(c2ccc(F)cc2I)CCN1. The fraction of sp³-hybridized carbons (Fsp3) is 0.500. The highest BCUT2D eigenvalue weighted by atomic mass is 127. The molecule has 88 valence electrons. The summed E-state index contributed by atoms with van der Waals surface area (Å²) in [7, 11) is 0. The summed E-state index contributed by atoms with van der Waals surface area (Å²) in [6.45, 7) is 7.28. The van der Waals surface area contributed by atoms with Gasteiger partial charge in [-0.3, -0.25) is 0 Å². The minimum atomic E-state index is -0.164. The number of nitrogens with zero attached hydrogens (tertiary/aromatic N) is 1. The Bertz CT molecular complexity index is 393. The van der Waals surface area contributed by atoms with Crippen molar-refractivity contribution < 1.29 is 4.39 Å². The van der Waals surface area contributed by atoms with Crippen LogP contribution in [-0.2, 0) is 0 Å². The van der Waals surface area contributed by atoms with Gasteiger partial charge < -0.3 is 10.2 Å². The molecule has 2 nitrogen and oxygen atoms in total. The van der Waals surface area contributed by atoms with E-state index < -0.39 is 0 Å². The van der Waals surface area contributed by atoms with Crippen LogP contribution in [0.15, 0.2) is 18.2 Å². The van der Waals surface area contributed by atoms with Crippen molar-refractivity contribution in [1.29, 1.82) is 0 Å². The molecule has 0 unspecified atom stereocenters. The van der Waals surface area contributed by atoms with E-state index in [4.69, 9.17) is 0 Å². The Morgan fingerprint density at radius 3 is 2.81 bits per heavy atom. The highest BCUT2D eigenvalue weighted by Crippen LogP contribution is 2.26. The van der Waals surface area contributed by atoms with Crippen molar-refractivity contribution in [2.45, 2.75) is 19.4 Å². The lowest BCUT2D eigenvalue weighted by Crippen LogP contribution is -2.57. The molecular formula is C12H16FIN2. The van der Waals surface area contributed by atoms with E-state index in [1.54, 1.807) is 6.07 Å². The van der Waals surface area contributed by atoms with Crippen LogP contribution in [0.1, 0.15) is 13.8 Å². The Kier molecular flexibility index (Phi) is 3.39. The first-order chi connectivity index (χ1) is 7.48. The molecule has 2 rings (SSSR count). The number of nitrogens with one attached hydrogen (secondary N) is 1. The molecule has 0 atom stereocenters. The Balaban J connectivity index is 2.23. The van der Waals surface area contributed by atoms with Gasteiger partial charge in [-0.25, -0.2) is 4.39 Å². The van der Waals surface area contributed by atoms with E-state index in [1.165, 1.54) is 6.07 Å². The van der Waals surface area contributed by atoms with E-state index in [1.807, 2.05) is 6.07 Å². The van der Waals surface area contributed by atoms with E-state index in [0.29, 0.717) is 0 Å². The van der Waals surface area contributed by atoms with Gasteiger partial charge in [-0.15, -0.1) is 0 Å². The second kappa shape index (κ2) is 4.49. The maximum Gasteiger partial charge on any atom is 0.124 e. The third kappa shape index (κ3) is 2.66. The number of anilines is 1. The van der Waals surface area contributed by atoms with Gasteiger partial charge in [0.1, 0.15) is 5.82 Å². The topological polar surface area (TPSA) is 15.3 Å². The van der Waals surface area contributed by atoms with E-state index in [-0.39, 0.29) is 11.4 Å². The van der Waals surface area contributed by atoms with Crippen molar-refractivity contribution in [3.8, 4) is 0 Å². The number of hydrogen-bond donors (Lipinski definition) is 1. The second-order valence-corrected chi connectivity index (χ2v) is 5.99. The fourth-order valence-electron chi connectivity index (χ4n) is 2.08. The molecule has 1 saturated heterocycles. The second-order valence-electron chi connectivity index (χ2n) is 4.83. The number of piperazine rings is 1. The predicted octanol–water partition coefficient (Wildman–Crippen LogP) is 2.62. The van der Waals surface area contributed by atoms with E-state index >= 15 is 0 Å². The summed E-state index contributed by atoms with van der Waals surface area (Å²) in [6, 6.07) is 5.00. The van der Waals surface area contributed by atoms with Crippen molar-refractivity contribution in [2.75, 3.05) is 24.5 Å². The molecule has 0 aromatic heterocycles. The van der Waals surface area contributed by atoms with Gasteiger partial charge in [-0.05, 0) is 54.6 Å². The Morgan fingerprint density at radius 2 is 2.19 bits per heavy atom. The molecule has 1 aliphatic heterocycles. The minimum absolute atomic E-state index is 0.121. The maximum atomic E-state index is 13.0. The van der Waals surface area contributed by atoms with Crippen molar-refractivity contribution >= 4 is 28.3 Å². The van der Waals surface area contributed by atoms with Crippen LogP contribution in [0.3, 0.4) is 0 Å². The lowest BCUT2D eigenvalue weighted by atomic mass is 10.0. The minimum Gasteiger partial charge on any atom is -0.368 e. The number of halogens is 2. The molecule has 0 spiro atoms. The number of benzene rings is 1. The van der Waals surface area contributed by atoms with Crippen molar-refractivity contribution in [3.05, 3.63) is 27.6 Å². The number of rotatable bonds is 1. The van der Waals surface area contributed by atoms with Crippen LogP contribution in [0.25, 0.3) is 0 Å². The highest BCUT2D eigenvalue weighted by Gasteiger charge is 2.26. The molecule has 0 saturated carbocycles. The Labute approximate surface area is 109 Å². The third-order valence-corrected chi connectivity index (χ3v) is 3.69. The van der Waals surface area contributed by atoms with Crippen LogP contribution < -0.4 is 10.2 Å². The first-order valence-corrected chi connectivity index (χ1v) is 6.51. The van der Waals surface area contributed by atoms with Gasteiger partial charge in [0, 0.05) is 28.7 Å². The summed E-state index contributed by atoms with van der Waals surface area (Å²) in [4.78, 5) is 2.32. The van der Waals surface area contributed by atoms with Crippen molar-refractivity contribution in [2.24, 2.45) is 0 Å². The monoisotopic (exact) mass is 334 g/mol. The zero-order valence-electron chi connectivity index (χ0n) is 9.56. The standard InChI is InChI=1S/C12H16FIN2/c1-12(2)8-16(6-5-15-12)11-4-3-9(13)7-10(11)14/h3-4,7,15H,5-6,8H2,1-2H3. The summed E-state index contributed by atoms with van der Waals surface area (Å²) >= 11 is 2.20. The molecule has 1 heterocycles. The third-order valence-electron chi connectivity index (χ3n) is 2.82. The van der Waals surface area contributed by atoms with Gasteiger partial charge in [-0.1, -0.05) is 0 Å². The highest BCUT2D eigenvalue weighted by molar-refractivity contribution is 14.1. The summed E-state index contributed by atoms with van der Waals surface area (Å²) < 4.78 is 14.0. The lowest BCUT2D eigenvalue weighted by molar-refractivity contribution is 0.353. The van der Waals surface area contributed by atoms with Crippen molar-refractivity contribution in [3.63, 3.8) is 0 Å². The summed E-state index contributed by atoms with van der Waals surface area (Å²) in [6.07, 6.45) is 0. The maximum absolute atomic E-state index is 13.0. The lowest BCUT2D eigenvalue weighted by Gasteiger charge is -2.40. The Morgan fingerprint density at radius 1 is 1.44 bits per heavy atom. The Hall–Kier alpha value is -0.360. The van der Waals surface area contributed by atoms with Crippen LogP contribution in [0, 0.1) is 9.39 Å². The van der Waals surface area contributed by atoms with Gasteiger partial charge in [0.2, 0.25) is 0 Å². The van der Waals surface area contributed by atoms with Gasteiger partial charge in [0.15, 0.2) is 0 Å². The summed E-state index contributed by atoms with van der Waals surface area (Å²) in [5.41, 5.74) is 1.26. The van der Waals surface area contributed by atoms with Crippen LogP contribution in [0.5, 0.6) is 0 Å². The van der Waals surface area contributed by atoms with Crippen LogP contribution in [0.4, 0.5) is 10.1 Å². The van der Waals surface area contributed by atoms with Crippen LogP contribution in [-0.4, -0.2) is 25.2 Å². The summed E-state index contributed by atoms with van der Waals surface area (Å²) in [5.74, 6) is -0.164. The first kappa shape index (κ1) is 12.1. The van der Waals surface area contributed by atoms with E-state index in [9.17, 15) is 4.39 Å². The van der Waals surface area contributed by atoms with Crippen molar-refractivity contribution in [1.82, 2.24) is 5.32 Å².